The molecular formula is C21H22N2O6. The number of ether oxygens (including phenoxy) is 2. The molecule has 1 aliphatic rings. The van der Waals surface area contributed by atoms with Crippen LogP contribution in [0.4, 0.5) is 4.79 Å². The van der Waals surface area contributed by atoms with Crippen LogP contribution in [0.15, 0.2) is 54.6 Å². The highest BCUT2D eigenvalue weighted by Crippen LogP contribution is 2.27. The minimum Gasteiger partial charge on any atom is -0.497 e. The van der Waals surface area contributed by atoms with Gasteiger partial charge < -0.3 is 9.47 Å². The Kier molecular flexibility index (Phi) is 6.43. The lowest BCUT2D eigenvalue weighted by molar-refractivity contribution is -0.483. The highest BCUT2D eigenvalue weighted by molar-refractivity contribution is 5.94. The standard InChI is InChI=1S/C21H22N2O6/c1-28-19-9-5-8-16(11-19)17(13-22(26)27)12-20(24)23-18(14-29-21(23)25)10-15-6-3-2-4-7-15/h2-9,11,17-18H,10,12-14H2,1H3/t17?,18-/m1/s1. The Balaban J connectivity index is 1.78. The lowest BCUT2D eigenvalue weighted by Crippen LogP contribution is -2.41. The van der Waals surface area contributed by atoms with Crippen molar-refractivity contribution in [3.05, 3.63) is 75.8 Å². The van der Waals surface area contributed by atoms with Crippen LogP contribution in [0.5, 0.6) is 5.75 Å². The number of carbonyl (C=O) groups is 2. The second-order valence-corrected chi connectivity index (χ2v) is 6.88. The van der Waals surface area contributed by atoms with E-state index in [1.54, 1.807) is 24.3 Å². The van der Waals surface area contributed by atoms with Gasteiger partial charge >= 0.3 is 6.09 Å². The summed E-state index contributed by atoms with van der Waals surface area (Å²) in [5.74, 6) is -0.618. The summed E-state index contributed by atoms with van der Waals surface area (Å²) in [7, 11) is 1.50. The Morgan fingerprint density at radius 2 is 2.03 bits per heavy atom. The fourth-order valence-electron chi connectivity index (χ4n) is 3.47. The first-order valence-electron chi connectivity index (χ1n) is 9.26. The minimum atomic E-state index is -0.707. The summed E-state index contributed by atoms with van der Waals surface area (Å²) in [4.78, 5) is 36.9. The Morgan fingerprint density at radius 1 is 1.28 bits per heavy atom. The lowest BCUT2D eigenvalue weighted by Gasteiger charge is -2.22. The molecule has 152 valence electrons. The topological polar surface area (TPSA) is 99.0 Å². The van der Waals surface area contributed by atoms with E-state index in [1.807, 2.05) is 30.3 Å². The number of amides is 2. The summed E-state index contributed by atoms with van der Waals surface area (Å²) < 4.78 is 10.3. The van der Waals surface area contributed by atoms with Crippen molar-refractivity contribution in [1.82, 2.24) is 4.90 Å². The molecular weight excluding hydrogens is 376 g/mol. The van der Waals surface area contributed by atoms with E-state index in [4.69, 9.17) is 9.47 Å². The maximum Gasteiger partial charge on any atom is 0.416 e. The van der Waals surface area contributed by atoms with Crippen LogP contribution in [-0.2, 0) is 16.0 Å². The lowest BCUT2D eigenvalue weighted by atomic mass is 9.94. The molecule has 1 unspecified atom stereocenters. The maximum atomic E-state index is 12.9. The predicted octanol–water partition coefficient (Wildman–Crippen LogP) is 3.04. The normalized spacial score (nSPS) is 16.9. The van der Waals surface area contributed by atoms with Crippen molar-refractivity contribution in [2.24, 2.45) is 0 Å². The van der Waals surface area contributed by atoms with Crippen LogP contribution in [0.2, 0.25) is 0 Å². The molecule has 1 aliphatic heterocycles. The molecule has 0 bridgehead atoms. The SMILES string of the molecule is COc1cccc(C(CC(=O)N2C(=O)OC[C@H]2Cc2ccccc2)C[N+](=O)[O-])c1. The third-order valence-electron chi connectivity index (χ3n) is 4.90. The molecule has 1 heterocycles. The van der Waals surface area contributed by atoms with Crippen LogP contribution in [0, 0.1) is 10.1 Å². The van der Waals surface area contributed by atoms with Gasteiger partial charge in [-0.2, -0.15) is 0 Å². The van der Waals surface area contributed by atoms with E-state index < -0.39 is 35.4 Å². The van der Waals surface area contributed by atoms with Crippen molar-refractivity contribution in [1.29, 1.82) is 0 Å². The summed E-state index contributed by atoms with van der Waals surface area (Å²) in [6.45, 7) is -0.316. The van der Waals surface area contributed by atoms with E-state index in [0.29, 0.717) is 17.7 Å². The van der Waals surface area contributed by atoms with Crippen molar-refractivity contribution in [2.45, 2.75) is 24.8 Å². The zero-order valence-electron chi connectivity index (χ0n) is 16.0. The highest BCUT2D eigenvalue weighted by Gasteiger charge is 2.39. The summed E-state index contributed by atoms with van der Waals surface area (Å²) >= 11 is 0. The third kappa shape index (κ3) is 5.10. The van der Waals surface area contributed by atoms with Crippen molar-refractivity contribution in [3.8, 4) is 5.75 Å². The number of imide groups is 1. The molecule has 2 aromatic carbocycles. The van der Waals surface area contributed by atoms with Crippen molar-refractivity contribution < 1.29 is 24.0 Å². The van der Waals surface area contributed by atoms with Crippen molar-refractivity contribution in [2.75, 3.05) is 20.3 Å². The zero-order chi connectivity index (χ0) is 20.8. The Morgan fingerprint density at radius 3 is 2.72 bits per heavy atom. The molecule has 2 amide bonds. The average molecular weight is 398 g/mol. The minimum absolute atomic E-state index is 0.110. The van der Waals surface area contributed by atoms with Gasteiger partial charge in [0.2, 0.25) is 12.5 Å². The van der Waals surface area contributed by atoms with Crippen molar-refractivity contribution >= 4 is 12.0 Å². The molecule has 2 atom stereocenters. The molecule has 0 spiro atoms. The first-order chi connectivity index (χ1) is 14.0. The zero-order valence-corrected chi connectivity index (χ0v) is 16.0. The van der Waals surface area contributed by atoms with Gasteiger partial charge in [-0.05, 0) is 29.7 Å². The number of hydrogen-bond donors (Lipinski definition) is 0. The molecule has 3 rings (SSSR count). The summed E-state index contributed by atoms with van der Waals surface area (Å²) in [6.07, 6.45) is -0.409. The largest absolute Gasteiger partial charge is 0.497 e. The van der Waals surface area contributed by atoms with Crippen LogP contribution in [-0.4, -0.2) is 48.1 Å². The number of cyclic esters (lactones) is 1. The Labute approximate surface area is 168 Å². The predicted molar refractivity (Wildman–Crippen MR) is 104 cm³/mol. The van der Waals surface area contributed by atoms with Crippen LogP contribution in [0.25, 0.3) is 0 Å². The van der Waals surface area contributed by atoms with Gasteiger partial charge in [-0.15, -0.1) is 0 Å². The molecule has 0 aliphatic carbocycles. The molecule has 0 aromatic heterocycles. The molecule has 8 nitrogen and oxygen atoms in total. The Bertz CT molecular complexity index is 886. The highest BCUT2D eigenvalue weighted by atomic mass is 16.6. The molecule has 0 saturated carbocycles. The van der Waals surface area contributed by atoms with Crippen LogP contribution >= 0.6 is 0 Å². The number of nitrogens with zero attached hydrogens (tertiary/aromatic N) is 2. The fraction of sp³-hybridized carbons (Fsp3) is 0.333. The molecule has 29 heavy (non-hydrogen) atoms. The second kappa shape index (κ2) is 9.18. The maximum absolute atomic E-state index is 12.9. The Hall–Kier alpha value is -3.42. The molecule has 2 aromatic rings. The smallest absolute Gasteiger partial charge is 0.416 e. The first kappa shape index (κ1) is 20.3. The van der Waals surface area contributed by atoms with Gasteiger partial charge in [-0.3, -0.25) is 14.9 Å². The van der Waals surface area contributed by atoms with Gasteiger partial charge in [-0.25, -0.2) is 9.69 Å². The fourth-order valence-corrected chi connectivity index (χ4v) is 3.47. The molecule has 0 radical (unpaired) electrons. The second-order valence-electron chi connectivity index (χ2n) is 6.88. The molecule has 1 saturated heterocycles. The summed E-state index contributed by atoms with van der Waals surface area (Å²) in [5.41, 5.74) is 1.59. The molecule has 1 fully saturated rings. The van der Waals surface area contributed by atoms with Crippen LogP contribution in [0.1, 0.15) is 23.5 Å². The third-order valence-corrected chi connectivity index (χ3v) is 4.90. The van der Waals surface area contributed by atoms with E-state index in [2.05, 4.69) is 0 Å². The number of hydrogen-bond acceptors (Lipinski definition) is 6. The number of benzene rings is 2. The van der Waals surface area contributed by atoms with Gasteiger partial charge in [0.1, 0.15) is 12.4 Å². The van der Waals surface area contributed by atoms with E-state index in [-0.39, 0.29) is 13.0 Å². The van der Waals surface area contributed by atoms with Crippen LogP contribution in [0.3, 0.4) is 0 Å². The molecule has 0 N–H and O–H groups in total. The average Bonchev–Trinajstić information content (AvgIpc) is 3.08. The molecule has 8 heteroatoms. The van der Waals surface area contributed by atoms with E-state index in [0.717, 1.165) is 10.5 Å². The van der Waals surface area contributed by atoms with Crippen LogP contribution < -0.4 is 4.74 Å². The monoisotopic (exact) mass is 398 g/mol. The van der Waals surface area contributed by atoms with E-state index >= 15 is 0 Å². The van der Waals surface area contributed by atoms with Gasteiger partial charge in [0.15, 0.2) is 0 Å². The van der Waals surface area contributed by atoms with Gasteiger partial charge in [0.25, 0.3) is 0 Å². The van der Waals surface area contributed by atoms with E-state index in [1.165, 1.54) is 7.11 Å². The first-order valence-corrected chi connectivity index (χ1v) is 9.26. The van der Waals surface area contributed by atoms with Crippen molar-refractivity contribution in [3.63, 3.8) is 0 Å². The van der Waals surface area contributed by atoms with Gasteiger partial charge in [0, 0.05) is 11.3 Å². The number of carbonyl (C=O) groups excluding carboxylic acids is 2. The summed E-state index contributed by atoms with van der Waals surface area (Å²) in [6, 6.07) is 15.9. The quantitative estimate of drug-likeness (QED) is 0.501. The van der Waals surface area contributed by atoms with E-state index in [9.17, 15) is 19.7 Å². The van der Waals surface area contributed by atoms with Gasteiger partial charge in [0.05, 0.1) is 19.1 Å². The number of nitro groups is 1. The summed E-state index contributed by atoms with van der Waals surface area (Å²) in [5, 5.41) is 11.2. The number of methoxy groups -OCH3 is 1. The van der Waals surface area contributed by atoms with Gasteiger partial charge in [-0.1, -0.05) is 42.5 Å². The number of rotatable bonds is 8.